The fraction of sp³-hybridized carbons (Fsp3) is 0.375. The van der Waals surface area contributed by atoms with E-state index in [9.17, 15) is 0 Å². The fourth-order valence-electron chi connectivity index (χ4n) is 2.42. The van der Waals surface area contributed by atoms with Gasteiger partial charge in [0.2, 0.25) is 0 Å². The first-order chi connectivity index (χ1) is 11.7. The number of hydrogen-bond acceptors (Lipinski definition) is 8. The molecule has 0 amide bonds. The zero-order valence-electron chi connectivity index (χ0n) is 13.1. The molecule has 0 spiro atoms. The average molecular weight is 397 g/mol. The van der Waals surface area contributed by atoms with Gasteiger partial charge in [-0.3, -0.25) is 9.98 Å². The highest BCUT2D eigenvalue weighted by atomic mass is 32.2. The summed E-state index contributed by atoms with van der Waals surface area (Å²) in [6, 6.07) is 7.20. The Morgan fingerprint density at radius 1 is 0.958 bits per heavy atom. The molecule has 2 aromatic rings. The summed E-state index contributed by atoms with van der Waals surface area (Å²) in [6.45, 7) is 0. The zero-order chi connectivity index (χ0) is 16.8. The molecule has 0 aliphatic carbocycles. The lowest BCUT2D eigenvalue weighted by Crippen LogP contribution is -2.07. The van der Waals surface area contributed by atoms with Crippen LogP contribution in [0.15, 0.2) is 44.3 Å². The number of amidine groups is 2. The number of aliphatic imine (C=N–C) groups is 2. The van der Waals surface area contributed by atoms with Gasteiger partial charge in [-0.1, -0.05) is 29.6 Å². The van der Waals surface area contributed by atoms with Crippen LogP contribution in [-0.2, 0) is 12.8 Å². The molecule has 24 heavy (non-hydrogen) atoms. The number of nitrogens with two attached hydrogens (primary N) is 2. The Morgan fingerprint density at radius 2 is 1.67 bits per heavy atom. The van der Waals surface area contributed by atoms with Crippen molar-refractivity contribution in [2.45, 2.75) is 24.9 Å². The van der Waals surface area contributed by atoms with E-state index in [1.807, 2.05) is 0 Å². The summed E-state index contributed by atoms with van der Waals surface area (Å²) in [7, 11) is 0. The summed E-state index contributed by atoms with van der Waals surface area (Å²) in [5.41, 5.74) is 12.5. The van der Waals surface area contributed by atoms with Crippen molar-refractivity contribution in [1.82, 2.24) is 0 Å². The summed E-state index contributed by atoms with van der Waals surface area (Å²) < 4.78 is 0. The monoisotopic (exact) mass is 396 g/mol. The Morgan fingerprint density at radius 3 is 2.17 bits per heavy atom. The van der Waals surface area contributed by atoms with E-state index in [4.69, 9.17) is 11.5 Å². The summed E-state index contributed by atoms with van der Waals surface area (Å²) in [5, 5.41) is 7.87. The van der Waals surface area contributed by atoms with Gasteiger partial charge in [-0.25, -0.2) is 0 Å². The topological polar surface area (TPSA) is 76.8 Å². The van der Waals surface area contributed by atoms with E-state index in [-0.39, 0.29) is 0 Å². The predicted molar refractivity (Wildman–Crippen MR) is 112 cm³/mol. The minimum Gasteiger partial charge on any atom is -0.379 e. The van der Waals surface area contributed by atoms with Gasteiger partial charge in [-0.05, 0) is 40.3 Å². The van der Waals surface area contributed by atoms with Crippen molar-refractivity contribution in [2.24, 2.45) is 21.5 Å². The molecule has 0 fully saturated rings. The Balaban J connectivity index is 0.000000141. The molecule has 2 aromatic heterocycles. The van der Waals surface area contributed by atoms with Crippen molar-refractivity contribution in [3.63, 3.8) is 0 Å². The summed E-state index contributed by atoms with van der Waals surface area (Å²) in [6.07, 6.45) is 2.09. The highest BCUT2D eigenvalue weighted by molar-refractivity contribution is 8.14. The molecule has 4 nitrogen and oxygen atoms in total. The number of hydrogen-bond donors (Lipinski definition) is 2. The minimum atomic E-state index is 0.407. The highest BCUT2D eigenvalue weighted by Crippen LogP contribution is 2.21. The van der Waals surface area contributed by atoms with Crippen LogP contribution in [0.4, 0.5) is 0 Å². The molecule has 0 bridgehead atoms. The first-order valence-corrected chi connectivity index (χ1v) is 11.4. The molecule has 128 valence electrons. The third-order valence-electron chi connectivity index (χ3n) is 3.54. The quantitative estimate of drug-likeness (QED) is 0.830. The Kier molecular flexibility index (Phi) is 6.65. The number of thiophene rings is 2. The third kappa shape index (κ3) is 5.54. The molecule has 4 rings (SSSR count). The van der Waals surface area contributed by atoms with E-state index in [1.54, 1.807) is 46.2 Å². The van der Waals surface area contributed by atoms with E-state index in [0.717, 1.165) is 34.7 Å². The molecule has 0 radical (unpaired) electrons. The first kappa shape index (κ1) is 17.8. The van der Waals surface area contributed by atoms with Crippen molar-refractivity contribution < 1.29 is 0 Å². The standard InChI is InChI=1S/2C8H10N2S2/c9-8-10-7(5-12-8)3-6-1-2-11-4-6;9-8-10-6(5-12-8)4-7-2-1-3-11-7/h1-2,4,7H,3,5H2,(H2,9,10);1-3,6H,4-5H2,(H2,9,10). The van der Waals surface area contributed by atoms with Crippen LogP contribution in [0.1, 0.15) is 10.4 Å². The van der Waals surface area contributed by atoms with Crippen molar-refractivity contribution >= 4 is 56.5 Å². The fourth-order valence-corrected chi connectivity index (χ4v) is 5.44. The maximum Gasteiger partial charge on any atom is 0.154 e. The molecule has 2 aliphatic heterocycles. The van der Waals surface area contributed by atoms with Crippen LogP contribution >= 0.6 is 46.2 Å². The average Bonchev–Trinajstić information content (AvgIpc) is 3.31. The second kappa shape index (κ2) is 8.94. The van der Waals surface area contributed by atoms with E-state index in [1.165, 1.54) is 10.4 Å². The zero-order valence-corrected chi connectivity index (χ0v) is 16.4. The molecule has 2 atom stereocenters. The smallest absolute Gasteiger partial charge is 0.154 e. The lowest BCUT2D eigenvalue weighted by atomic mass is 10.1. The molecular weight excluding hydrogens is 376 g/mol. The van der Waals surface area contributed by atoms with Crippen LogP contribution in [0, 0.1) is 0 Å². The van der Waals surface area contributed by atoms with Gasteiger partial charge in [-0.15, -0.1) is 11.3 Å². The van der Waals surface area contributed by atoms with E-state index >= 15 is 0 Å². The van der Waals surface area contributed by atoms with Gasteiger partial charge < -0.3 is 11.5 Å². The summed E-state index contributed by atoms with van der Waals surface area (Å²) in [4.78, 5) is 10.1. The van der Waals surface area contributed by atoms with E-state index < -0.39 is 0 Å². The lowest BCUT2D eigenvalue weighted by molar-refractivity contribution is 0.764. The predicted octanol–water partition coefficient (Wildman–Crippen LogP) is 3.44. The molecule has 4 N–H and O–H groups in total. The normalized spacial score (nSPS) is 22.7. The molecule has 2 unspecified atom stereocenters. The SMILES string of the molecule is NC1=NC(Cc2cccs2)CS1.NC1=NC(Cc2ccsc2)CS1. The molecule has 0 saturated heterocycles. The van der Waals surface area contributed by atoms with E-state index in [2.05, 4.69) is 44.3 Å². The van der Waals surface area contributed by atoms with Gasteiger partial charge in [0.05, 0.1) is 12.1 Å². The second-order valence-corrected chi connectivity index (χ2v) is 9.38. The van der Waals surface area contributed by atoms with Crippen LogP contribution in [0.3, 0.4) is 0 Å². The highest BCUT2D eigenvalue weighted by Gasteiger charge is 2.17. The van der Waals surface area contributed by atoms with E-state index in [0.29, 0.717) is 12.1 Å². The van der Waals surface area contributed by atoms with Gasteiger partial charge in [0.25, 0.3) is 0 Å². The molecule has 0 aromatic carbocycles. The second-order valence-electron chi connectivity index (χ2n) is 5.48. The van der Waals surface area contributed by atoms with Crippen molar-refractivity contribution in [3.8, 4) is 0 Å². The molecule has 2 aliphatic rings. The number of thioether (sulfide) groups is 2. The third-order valence-corrected chi connectivity index (χ3v) is 7.07. The van der Waals surface area contributed by atoms with Crippen LogP contribution in [0.25, 0.3) is 0 Å². The van der Waals surface area contributed by atoms with Crippen molar-refractivity contribution in [1.29, 1.82) is 0 Å². The summed E-state index contributed by atoms with van der Waals surface area (Å²) in [5.74, 6) is 2.09. The maximum atomic E-state index is 5.57. The van der Waals surface area contributed by atoms with Crippen LogP contribution < -0.4 is 11.5 Å². The maximum absolute atomic E-state index is 5.57. The minimum absolute atomic E-state index is 0.407. The number of nitrogens with zero attached hydrogens (tertiary/aromatic N) is 2. The Hall–Kier alpha value is -0.960. The molecule has 0 saturated carbocycles. The van der Waals surface area contributed by atoms with Gasteiger partial charge in [0, 0.05) is 22.8 Å². The molecule has 8 heteroatoms. The van der Waals surface area contributed by atoms with Gasteiger partial charge >= 0.3 is 0 Å². The van der Waals surface area contributed by atoms with Crippen LogP contribution in [-0.4, -0.2) is 33.9 Å². The first-order valence-electron chi connectivity index (χ1n) is 7.64. The van der Waals surface area contributed by atoms with Gasteiger partial charge in [0.15, 0.2) is 10.3 Å². The molecular formula is C16H20N4S4. The lowest BCUT2D eigenvalue weighted by Gasteiger charge is -2.01. The van der Waals surface area contributed by atoms with Crippen LogP contribution in [0.2, 0.25) is 0 Å². The number of rotatable bonds is 4. The summed E-state index contributed by atoms with van der Waals surface area (Å²) >= 11 is 6.85. The van der Waals surface area contributed by atoms with Gasteiger partial charge in [-0.2, -0.15) is 11.3 Å². The van der Waals surface area contributed by atoms with Gasteiger partial charge in [0.1, 0.15) is 0 Å². The largest absolute Gasteiger partial charge is 0.379 e. The van der Waals surface area contributed by atoms with Crippen LogP contribution in [0.5, 0.6) is 0 Å². The molecule has 4 heterocycles. The van der Waals surface area contributed by atoms with Crippen molar-refractivity contribution in [2.75, 3.05) is 11.5 Å². The Bertz CT molecular complexity index is 619. The van der Waals surface area contributed by atoms with Crippen molar-refractivity contribution in [3.05, 3.63) is 44.8 Å². The Labute approximate surface area is 158 Å².